The fraction of sp³-hybridized carbons (Fsp3) is 0.550. The van der Waals surface area contributed by atoms with Gasteiger partial charge in [0.25, 0.3) is 5.91 Å². The Hall–Kier alpha value is -2.41. The number of carbonyl (C=O) groups excluding carboxylic acids is 1. The van der Waals surface area contributed by atoms with Gasteiger partial charge in [0.05, 0.1) is 6.20 Å². The van der Waals surface area contributed by atoms with Crippen LogP contribution in [0.25, 0.3) is 11.6 Å². The Morgan fingerprint density at radius 3 is 2.85 bits per heavy atom. The number of carbonyl (C=O) groups is 1. The third kappa shape index (κ3) is 3.00. The van der Waals surface area contributed by atoms with Crippen molar-refractivity contribution < 1.29 is 9.21 Å². The molecule has 2 atom stereocenters. The number of aryl methyl sites for hydroxylation is 1. The predicted molar refractivity (Wildman–Crippen MR) is 101 cm³/mol. The molecular formula is C20H25N5O2. The molecule has 0 saturated carbocycles. The Bertz CT molecular complexity index is 855. The minimum atomic E-state index is -0.0787. The Labute approximate surface area is 158 Å². The summed E-state index contributed by atoms with van der Waals surface area (Å²) < 4.78 is 5.42. The van der Waals surface area contributed by atoms with Gasteiger partial charge in [-0.3, -0.25) is 9.89 Å². The fourth-order valence-electron chi connectivity index (χ4n) is 4.95. The summed E-state index contributed by atoms with van der Waals surface area (Å²) in [5.41, 5.74) is 3.38. The van der Waals surface area contributed by atoms with Crippen molar-refractivity contribution in [3.8, 4) is 0 Å². The lowest BCUT2D eigenvalue weighted by atomic mass is 9.82. The predicted octanol–water partition coefficient (Wildman–Crippen LogP) is 2.63. The molecule has 7 heteroatoms. The van der Waals surface area contributed by atoms with E-state index >= 15 is 0 Å². The van der Waals surface area contributed by atoms with Crippen molar-refractivity contribution in [2.75, 3.05) is 7.05 Å². The first-order valence-electron chi connectivity index (χ1n) is 9.89. The number of amides is 1. The van der Waals surface area contributed by atoms with E-state index in [2.05, 4.69) is 32.4 Å². The van der Waals surface area contributed by atoms with Crippen molar-refractivity contribution in [3.05, 3.63) is 35.3 Å². The second kappa shape index (κ2) is 6.64. The quantitative estimate of drug-likeness (QED) is 0.871. The highest BCUT2D eigenvalue weighted by atomic mass is 16.3. The normalized spacial score (nSPS) is 27.7. The zero-order valence-corrected chi connectivity index (χ0v) is 15.6. The number of allylic oxidation sites excluding steroid dienone is 1. The van der Waals surface area contributed by atoms with Crippen LogP contribution in [-0.2, 0) is 6.42 Å². The molecule has 3 aliphatic rings. The minimum absolute atomic E-state index is 0.0787. The molecule has 2 aromatic rings. The molecule has 0 radical (unpaired) electrons. The summed E-state index contributed by atoms with van der Waals surface area (Å²) in [5.74, 6) is 0.543. The number of aromatic amines is 1. The number of aromatic nitrogens is 3. The molecular weight excluding hydrogens is 342 g/mol. The van der Waals surface area contributed by atoms with Gasteiger partial charge in [-0.15, -0.1) is 0 Å². The maximum Gasteiger partial charge on any atom is 0.272 e. The van der Waals surface area contributed by atoms with Gasteiger partial charge in [0.1, 0.15) is 6.26 Å². The molecule has 2 fully saturated rings. The smallest absolute Gasteiger partial charge is 0.272 e. The van der Waals surface area contributed by atoms with Gasteiger partial charge in [0.2, 0.25) is 5.89 Å². The van der Waals surface area contributed by atoms with Crippen LogP contribution in [0.5, 0.6) is 0 Å². The van der Waals surface area contributed by atoms with Crippen LogP contribution in [0, 0.1) is 0 Å². The van der Waals surface area contributed by atoms with E-state index in [9.17, 15) is 4.79 Å². The standard InChI is InChI=1S/C20H25N5O2/c1-25-14-3-2-4-15(25)11-13(10-14)22-19(26)18-16-9-12(20-21-7-8-27-20)5-6-17(16)23-24-18/h7-9,13-15H,2-6,10-11H2,1H3,(H,22,26)(H,23,24). The number of fused-ring (bicyclic) bond motifs is 3. The largest absolute Gasteiger partial charge is 0.445 e. The number of rotatable bonds is 3. The molecule has 2 aromatic heterocycles. The van der Waals surface area contributed by atoms with E-state index in [4.69, 9.17) is 4.42 Å². The summed E-state index contributed by atoms with van der Waals surface area (Å²) >= 11 is 0. The first-order chi connectivity index (χ1) is 13.2. The van der Waals surface area contributed by atoms with Gasteiger partial charge in [-0.1, -0.05) is 6.42 Å². The zero-order chi connectivity index (χ0) is 18.4. The lowest BCUT2D eigenvalue weighted by molar-refractivity contribution is 0.0462. The van der Waals surface area contributed by atoms with Gasteiger partial charge in [0, 0.05) is 35.0 Å². The summed E-state index contributed by atoms with van der Waals surface area (Å²) in [6, 6.07) is 1.41. The molecule has 1 amide bonds. The number of hydrogen-bond acceptors (Lipinski definition) is 5. The molecule has 4 heterocycles. The maximum absolute atomic E-state index is 13.0. The van der Waals surface area contributed by atoms with Crippen LogP contribution < -0.4 is 5.32 Å². The van der Waals surface area contributed by atoms with Crippen molar-refractivity contribution in [1.29, 1.82) is 0 Å². The third-order valence-electron chi connectivity index (χ3n) is 6.44. The van der Waals surface area contributed by atoms with E-state index in [-0.39, 0.29) is 11.9 Å². The third-order valence-corrected chi connectivity index (χ3v) is 6.44. The topological polar surface area (TPSA) is 87.0 Å². The van der Waals surface area contributed by atoms with E-state index in [1.54, 1.807) is 12.5 Å². The van der Waals surface area contributed by atoms with Gasteiger partial charge < -0.3 is 14.6 Å². The number of oxazole rings is 1. The monoisotopic (exact) mass is 367 g/mol. The van der Waals surface area contributed by atoms with E-state index in [0.717, 1.165) is 42.5 Å². The summed E-state index contributed by atoms with van der Waals surface area (Å²) in [6.07, 6.45) is 12.7. The molecule has 2 N–H and O–H groups in total. The van der Waals surface area contributed by atoms with E-state index in [0.29, 0.717) is 23.7 Å². The molecule has 7 nitrogen and oxygen atoms in total. The average Bonchev–Trinajstić information content (AvgIpc) is 3.31. The van der Waals surface area contributed by atoms with Gasteiger partial charge in [-0.2, -0.15) is 5.10 Å². The lowest BCUT2D eigenvalue weighted by Crippen LogP contribution is -2.55. The van der Waals surface area contributed by atoms with Crippen LogP contribution in [0.4, 0.5) is 0 Å². The molecule has 2 bridgehead atoms. The number of hydrogen-bond donors (Lipinski definition) is 2. The molecule has 0 aromatic carbocycles. The van der Waals surface area contributed by atoms with Gasteiger partial charge >= 0.3 is 0 Å². The summed E-state index contributed by atoms with van der Waals surface area (Å²) in [5, 5.41) is 10.6. The van der Waals surface area contributed by atoms with Crippen LogP contribution in [0.2, 0.25) is 0 Å². The first kappa shape index (κ1) is 16.7. The van der Waals surface area contributed by atoms with Crippen LogP contribution in [0.1, 0.15) is 66.2 Å². The van der Waals surface area contributed by atoms with Crippen molar-refractivity contribution in [2.24, 2.45) is 0 Å². The molecule has 142 valence electrons. The van der Waals surface area contributed by atoms with Crippen LogP contribution in [0.3, 0.4) is 0 Å². The highest BCUT2D eigenvalue weighted by Gasteiger charge is 2.37. The first-order valence-corrected chi connectivity index (χ1v) is 9.89. The second-order valence-corrected chi connectivity index (χ2v) is 8.02. The summed E-state index contributed by atoms with van der Waals surface area (Å²) in [4.78, 5) is 19.7. The van der Waals surface area contributed by atoms with Crippen molar-refractivity contribution in [1.82, 2.24) is 25.4 Å². The molecule has 2 saturated heterocycles. The fourth-order valence-corrected chi connectivity index (χ4v) is 4.95. The summed E-state index contributed by atoms with van der Waals surface area (Å²) in [7, 11) is 2.23. The molecule has 2 unspecified atom stereocenters. The number of piperidine rings is 2. The number of H-pyrrole nitrogens is 1. The molecule has 5 rings (SSSR count). The van der Waals surface area contributed by atoms with Gasteiger partial charge in [-0.05, 0) is 51.6 Å². The summed E-state index contributed by atoms with van der Waals surface area (Å²) in [6.45, 7) is 0. The van der Waals surface area contributed by atoms with E-state index in [1.165, 1.54) is 19.3 Å². The van der Waals surface area contributed by atoms with Crippen LogP contribution >= 0.6 is 0 Å². The van der Waals surface area contributed by atoms with Crippen molar-refractivity contribution in [3.63, 3.8) is 0 Å². The van der Waals surface area contributed by atoms with Crippen LogP contribution in [0.15, 0.2) is 16.9 Å². The second-order valence-electron chi connectivity index (χ2n) is 8.02. The van der Waals surface area contributed by atoms with Crippen molar-refractivity contribution in [2.45, 2.75) is 63.1 Å². The Kier molecular flexibility index (Phi) is 4.11. The van der Waals surface area contributed by atoms with E-state index < -0.39 is 0 Å². The highest BCUT2D eigenvalue weighted by Crippen LogP contribution is 2.33. The van der Waals surface area contributed by atoms with Crippen molar-refractivity contribution >= 4 is 17.6 Å². The number of nitrogens with zero attached hydrogens (tertiary/aromatic N) is 3. The maximum atomic E-state index is 13.0. The molecule has 1 aliphatic carbocycles. The average molecular weight is 367 g/mol. The Morgan fingerprint density at radius 2 is 2.11 bits per heavy atom. The lowest BCUT2D eigenvalue weighted by Gasteiger charge is -2.47. The molecule has 2 aliphatic heterocycles. The van der Waals surface area contributed by atoms with E-state index in [1.807, 2.05) is 6.08 Å². The number of nitrogens with one attached hydrogen (secondary N) is 2. The molecule has 27 heavy (non-hydrogen) atoms. The SMILES string of the molecule is CN1C2CCCC1CC(NC(=O)c1n[nH]c3c1C=C(c1ncco1)CC3)C2. The minimum Gasteiger partial charge on any atom is -0.445 e. The van der Waals surface area contributed by atoms with Crippen LogP contribution in [-0.4, -0.2) is 51.2 Å². The molecule has 0 spiro atoms. The van der Waals surface area contributed by atoms with Gasteiger partial charge in [0.15, 0.2) is 5.69 Å². The Balaban J connectivity index is 1.35. The van der Waals surface area contributed by atoms with Gasteiger partial charge in [-0.25, -0.2) is 4.98 Å². The zero-order valence-electron chi connectivity index (χ0n) is 15.6. The Morgan fingerprint density at radius 1 is 1.30 bits per heavy atom. The highest BCUT2D eigenvalue weighted by molar-refractivity contribution is 5.98.